The molecule has 1 aliphatic rings. The summed E-state index contributed by atoms with van der Waals surface area (Å²) in [5.41, 5.74) is 1.24. The fraction of sp³-hybridized carbons (Fsp3) is 0.500. The molecule has 0 saturated carbocycles. The lowest BCUT2D eigenvalue weighted by Crippen LogP contribution is -2.50. The third-order valence-electron chi connectivity index (χ3n) is 2.97. The largest absolute Gasteiger partial charge is 0.366 e. The van der Waals surface area contributed by atoms with E-state index in [0.717, 1.165) is 24.7 Å². The predicted octanol–water partition coefficient (Wildman–Crippen LogP) is 2.48. The predicted molar refractivity (Wildman–Crippen MR) is 65.8 cm³/mol. The summed E-state index contributed by atoms with van der Waals surface area (Å²) >= 11 is 6.00. The van der Waals surface area contributed by atoms with E-state index in [0.29, 0.717) is 6.04 Å². The first kappa shape index (κ1) is 10.8. The van der Waals surface area contributed by atoms with Gasteiger partial charge in [-0.2, -0.15) is 0 Å². The fourth-order valence-electron chi connectivity index (χ4n) is 2.18. The molecule has 0 N–H and O–H groups in total. The average molecular weight is 225 g/mol. The molecule has 1 aliphatic heterocycles. The number of likely N-dealkylation sites (N-methyl/N-ethyl adjacent to an activating group) is 1. The third kappa shape index (κ3) is 2.44. The van der Waals surface area contributed by atoms with Gasteiger partial charge in [-0.05, 0) is 32.2 Å². The molecule has 0 spiro atoms. The van der Waals surface area contributed by atoms with Crippen LogP contribution in [0.15, 0.2) is 24.3 Å². The van der Waals surface area contributed by atoms with E-state index in [1.165, 1.54) is 5.69 Å². The highest BCUT2D eigenvalue weighted by molar-refractivity contribution is 6.30. The molecule has 82 valence electrons. The van der Waals surface area contributed by atoms with Crippen LogP contribution in [0.25, 0.3) is 0 Å². The highest BCUT2D eigenvalue weighted by Gasteiger charge is 2.21. The van der Waals surface area contributed by atoms with Crippen LogP contribution >= 0.6 is 11.6 Å². The minimum Gasteiger partial charge on any atom is -0.366 e. The van der Waals surface area contributed by atoms with Crippen molar-refractivity contribution in [1.29, 1.82) is 0 Å². The lowest BCUT2D eigenvalue weighted by Gasteiger charge is -2.39. The van der Waals surface area contributed by atoms with E-state index in [1.54, 1.807) is 0 Å². The first-order valence-corrected chi connectivity index (χ1v) is 5.75. The van der Waals surface area contributed by atoms with Crippen LogP contribution in [0.2, 0.25) is 5.02 Å². The van der Waals surface area contributed by atoms with Crippen molar-refractivity contribution < 1.29 is 0 Å². The van der Waals surface area contributed by atoms with Crippen LogP contribution in [-0.4, -0.2) is 37.6 Å². The summed E-state index contributed by atoms with van der Waals surface area (Å²) in [7, 11) is 2.17. The molecule has 2 rings (SSSR count). The number of hydrogen-bond donors (Lipinski definition) is 0. The SMILES string of the molecule is CC1CN(C)CCN1c1cccc(Cl)c1. The van der Waals surface area contributed by atoms with Crippen molar-refractivity contribution in [3.05, 3.63) is 29.3 Å². The molecule has 1 aromatic rings. The molecule has 1 aromatic carbocycles. The Hall–Kier alpha value is -0.730. The first-order chi connectivity index (χ1) is 7.16. The molecule has 1 unspecified atom stereocenters. The van der Waals surface area contributed by atoms with Crippen molar-refractivity contribution in [3.8, 4) is 0 Å². The molecule has 0 aromatic heterocycles. The Kier molecular flexibility index (Phi) is 3.17. The number of halogens is 1. The maximum Gasteiger partial charge on any atom is 0.0426 e. The van der Waals surface area contributed by atoms with E-state index in [-0.39, 0.29) is 0 Å². The highest BCUT2D eigenvalue weighted by atomic mass is 35.5. The summed E-state index contributed by atoms with van der Waals surface area (Å²) in [6, 6.07) is 8.67. The van der Waals surface area contributed by atoms with Gasteiger partial charge in [0.05, 0.1) is 0 Å². The van der Waals surface area contributed by atoms with Crippen LogP contribution in [0.3, 0.4) is 0 Å². The minimum atomic E-state index is 0.558. The van der Waals surface area contributed by atoms with E-state index >= 15 is 0 Å². The van der Waals surface area contributed by atoms with E-state index in [4.69, 9.17) is 11.6 Å². The maximum atomic E-state index is 6.00. The van der Waals surface area contributed by atoms with Gasteiger partial charge in [-0.3, -0.25) is 0 Å². The van der Waals surface area contributed by atoms with Gasteiger partial charge in [-0.1, -0.05) is 17.7 Å². The van der Waals surface area contributed by atoms with Gasteiger partial charge in [0, 0.05) is 36.4 Å². The molecule has 15 heavy (non-hydrogen) atoms. The fourth-order valence-corrected chi connectivity index (χ4v) is 2.36. The Morgan fingerprint density at radius 2 is 2.13 bits per heavy atom. The zero-order valence-corrected chi connectivity index (χ0v) is 10.0. The lowest BCUT2D eigenvalue weighted by molar-refractivity contribution is 0.275. The number of nitrogens with zero attached hydrogens (tertiary/aromatic N) is 2. The minimum absolute atomic E-state index is 0.558. The summed E-state index contributed by atoms with van der Waals surface area (Å²) in [4.78, 5) is 4.79. The van der Waals surface area contributed by atoms with Gasteiger partial charge in [0.1, 0.15) is 0 Å². The Labute approximate surface area is 96.4 Å². The molecule has 1 atom stereocenters. The molecule has 2 nitrogen and oxygen atoms in total. The van der Waals surface area contributed by atoms with Gasteiger partial charge >= 0.3 is 0 Å². The molecule has 0 bridgehead atoms. The van der Waals surface area contributed by atoms with Crippen molar-refractivity contribution in [2.75, 3.05) is 31.6 Å². The lowest BCUT2D eigenvalue weighted by atomic mass is 10.1. The molecule has 0 aliphatic carbocycles. The van der Waals surface area contributed by atoms with Crippen molar-refractivity contribution in [2.24, 2.45) is 0 Å². The number of piperazine rings is 1. The summed E-state index contributed by atoms with van der Waals surface area (Å²) in [5.74, 6) is 0. The second-order valence-corrected chi connectivity index (χ2v) is 4.72. The summed E-state index contributed by atoms with van der Waals surface area (Å²) in [5, 5.41) is 0.818. The summed E-state index contributed by atoms with van der Waals surface area (Å²) in [6.45, 7) is 5.58. The Morgan fingerprint density at radius 1 is 1.33 bits per heavy atom. The third-order valence-corrected chi connectivity index (χ3v) is 3.21. The van der Waals surface area contributed by atoms with Gasteiger partial charge in [0.25, 0.3) is 0 Å². The summed E-state index contributed by atoms with van der Waals surface area (Å²) < 4.78 is 0. The average Bonchev–Trinajstić information content (AvgIpc) is 2.17. The zero-order valence-electron chi connectivity index (χ0n) is 9.28. The normalized spacial score (nSPS) is 23.1. The van der Waals surface area contributed by atoms with Gasteiger partial charge in [0.15, 0.2) is 0 Å². The number of benzene rings is 1. The second-order valence-electron chi connectivity index (χ2n) is 4.28. The Bertz CT molecular complexity index is 340. The van der Waals surface area contributed by atoms with Gasteiger partial charge in [0.2, 0.25) is 0 Å². The highest BCUT2D eigenvalue weighted by Crippen LogP contribution is 2.23. The zero-order chi connectivity index (χ0) is 10.8. The van der Waals surface area contributed by atoms with E-state index < -0.39 is 0 Å². The second kappa shape index (κ2) is 4.42. The van der Waals surface area contributed by atoms with Crippen LogP contribution in [0, 0.1) is 0 Å². The molecule has 3 heteroatoms. The van der Waals surface area contributed by atoms with Crippen molar-refractivity contribution in [2.45, 2.75) is 13.0 Å². The van der Waals surface area contributed by atoms with Gasteiger partial charge in [-0.25, -0.2) is 0 Å². The van der Waals surface area contributed by atoms with Gasteiger partial charge in [-0.15, -0.1) is 0 Å². The number of anilines is 1. The van der Waals surface area contributed by atoms with E-state index in [2.05, 4.69) is 29.8 Å². The van der Waals surface area contributed by atoms with E-state index in [9.17, 15) is 0 Å². The number of hydrogen-bond acceptors (Lipinski definition) is 2. The quantitative estimate of drug-likeness (QED) is 0.723. The molecule has 1 heterocycles. The monoisotopic (exact) mass is 224 g/mol. The van der Waals surface area contributed by atoms with Crippen LogP contribution in [0.5, 0.6) is 0 Å². The Morgan fingerprint density at radius 3 is 2.80 bits per heavy atom. The molecule has 1 fully saturated rings. The molecular formula is C12H17ClN2. The van der Waals surface area contributed by atoms with Crippen LogP contribution in [-0.2, 0) is 0 Å². The van der Waals surface area contributed by atoms with Crippen LogP contribution < -0.4 is 4.90 Å². The topological polar surface area (TPSA) is 6.48 Å². The first-order valence-electron chi connectivity index (χ1n) is 5.37. The standard InChI is InChI=1S/C12H17ClN2/c1-10-9-14(2)6-7-15(10)12-5-3-4-11(13)8-12/h3-5,8,10H,6-7,9H2,1-2H3. The van der Waals surface area contributed by atoms with Crippen LogP contribution in [0.4, 0.5) is 5.69 Å². The van der Waals surface area contributed by atoms with Crippen molar-refractivity contribution >= 4 is 17.3 Å². The Balaban J connectivity index is 2.17. The van der Waals surface area contributed by atoms with Gasteiger partial charge < -0.3 is 9.80 Å². The molecule has 0 amide bonds. The van der Waals surface area contributed by atoms with E-state index in [1.807, 2.05) is 18.2 Å². The number of rotatable bonds is 1. The molecular weight excluding hydrogens is 208 g/mol. The molecule has 1 saturated heterocycles. The van der Waals surface area contributed by atoms with Crippen LogP contribution in [0.1, 0.15) is 6.92 Å². The van der Waals surface area contributed by atoms with Crippen molar-refractivity contribution in [3.63, 3.8) is 0 Å². The smallest absolute Gasteiger partial charge is 0.0426 e. The maximum absolute atomic E-state index is 6.00. The summed E-state index contributed by atoms with van der Waals surface area (Å²) in [6.07, 6.45) is 0. The van der Waals surface area contributed by atoms with Crippen molar-refractivity contribution in [1.82, 2.24) is 4.90 Å². The molecule has 0 radical (unpaired) electrons.